The summed E-state index contributed by atoms with van der Waals surface area (Å²) in [6, 6.07) is 15.7. The fourth-order valence-electron chi connectivity index (χ4n) is 4.01. The number of para-hydroxylation sites is 1. The van der Waals surface area contributed by atoms with Crippen molar-refractivity contribution in [2.24, 2.45) is 0 Å². The summed E-state index contributed by atoms with van der Waals surface area (Å²) in [5.41, 5.74) is 3.41. The molecule has 0 saturated carbocycles. The van der Waals surface area contributed by atoms with Crippen molar-refractivity contribution in [3.8, 4) is 5.69 Å². The Balaban J connectivity index is 1.50. The van der Waals surface area contributed by atoms with Gasteiger partial charge in [0.1, 0.15) is 5.82 Å². The SMILES string of the molecule is CSc1ccc2nc([C@@H]3CCCN3C(=O)c3ccccc3-n3cccn3)[nH]c2c1. The molecule has 2 aromatic carbocycles. The molecule has 2 aromatic heterocycles. The number of aromatic amines is 1. The highest BCUT2D eigenvalue weighted by Gasteiger charge is 2.33. The number of amides is 1. The van der Waals surface area contributed by atoms with E-state index in [1.807, 2.05) is 47.5 Å². The zero-order valence-electron chi connectivity index (χ0n) is 16.1. The fourth-order valence-corrected chi connectivity index (χ4v) is 4.45. The molecule has 1 amide bonds. The molecule has 7 heteroatoms. The van der Waals surface area contributed by atoms with Gasteiger partial charge in [0, 0.05) is 23.8 Å². The molecular weight excluding hydrogens is 382 g/mol. The monoisotopic (exact) mass is 403 g/mol. The van der Waals surface area contributed by atoms with E-state index in [4.69, 9.17) is 4.98 Å². The number of likely N-dealkylation sites (tertiary alicyclic amines) is 1. The van der Waals surface area contributed by atoms with Gasteiger partial charge in [0.2, 0.25) is 0 Å². The molecule has 0 spiro atoms. The lowest BCUT2D eigenvalue weighted by molar-refractivity contribution is 0.0730. The minimum Gasteiger partial charge on any atom is -0.340 e. The van der Waals surface area contributed by atoms with Crippen LogP contribution in [0.2, 0.25) is 0 Å². The fraction of sp³-hybridized carbons (Fsp3) is 0.227. The van der Waals surface area contributed by atoms with Crippen LogP contribution < -0.4 is 0 Å². The van der Waals surface area contributed by atoms with Crippen LogP contribution in [-0.2, 0) is 0 Å². The average Bonchev–Trinajstić information content (AvgIpc) is 3.52. The lowest BCUT2D eigenvalue weighted by atomic mass is 10.1. The number of hydrogen-bond acceptors (Lipinski definition) is 4. The summed E-state index contributed by atoms with van der Waals surface area (Å²) in [5.74, 6) is 0.879. The van der Waals surface area contributed by atoms with Crippen LogP contribution in [-0.4, -0.2) is 43.4 Å². The molecule has 0 radical (unpaired) electrons. The number of H-pyrrole nitrogens is 1. The number of fused-ring (bicyclic) bond motifs is 1. The Morgan fingerprint density at radius 2 is 2.10 bits per heavy atom. The van der Waals surface area contributed by atoms with Crippen molar-refractivity contribution in [1.29, 1.82) is 0 Å². The molecule has 6 nitrogen and oxygen atoms in total. The van der Waals surface area contributed by atoms with Gasteiger partial charge in [0.15, 0.2) is 0 Å². The summed E-state index contributed by atoms with van der Waals surface area (Å²) in [4.78, 5) is 24.9. The molecule has 1 fully saturated rings. The van der Waals surface area contributed by atoms with Crippen molar-refractivity contribution in [1.82, 2.24) is 24.6 Å². The van der Waals surface area contributed by atoms with Crippen LogP contribution in [0.5, 0.6) is 0 Å². The molecule has 0 aliphatic carbocycles. The highest BCUT2D eigenvalue weighted by atomic mass is 32.2. The van der Waals surface area contributed by atoms with E-state index in [1.165, 1.54) is 4.90 Å². The second-order valence-corrected chi connectivity index (χ2v) is 8.01. The number of imidazole rings is 1. The van der Waals surface area contributed by atoms with Gasteiger partial charge >= 0.3 is 0 Å². The number of benzene rings is 2. The molecule has 0 bridgehead atoms. The maximum Gasteiger partial charge on any atom is 0.256 e. The van der Waals surface area contributed by atoms with Gasteiger partial charge in [-0.1, -0.05) is 12.1 Å². The van der Waals surface area contributed by atoms with Crippen LogP contribution in [0.1, 0.15) is 35.1 Å². The second kappa shape index (κ2) is 7.40. The number of carbonyl (C=O) groups is 1. The third-order valence-corrected chi connectivity index (χ3v) is 6.15. The van der Waals surface area contributed by atoms with Crippen molar-refractivity contribution in [3.63, 3.8) is 0 Å². The number of thioether (sulfide) groups is 1. The van der Waals surface area contributed by atoms with Gasteiger partial charge in [-0.25, -0.2) is 9.67 Å². The van der Waals surface area contributed by atoms with Crippen molar-refractivity contribution in [2.45, 2.75) is 23.8 Å². The summed E-state index contributed by atoms with van der Waals surface area (Å²) in [7, 11) is 0. The van der Waals surface area contributed by atoms with Crippen LogP contribution in [0, 0.1) is 0 Å². The van der Waals surface area contributed by atoms with Gasteiger partial charge in [0.05, 0.1) is 28.3 Å². The van der Waals surface area contributed by atoms with Crippen molar-refractivity contribution in [2.75, 3.05) is 12.8 Å². The molecule has 4 aromatic rings. The largest absolute Gasteiger partial charge is 0.340 e. The van der Waals surface area contributed by atoms with E-state index in [2.05, 4.69) is 28.5 Å². The smallest absolute Gasteiger partial charge is 0.256 e. The van der Waals surface area contributed by atoms with Gasteiger partial charge in [-0.15, -0.1) is 11.8 Å². The van der Waals surface area contributed by atoms with Crippen LogP contribution in [0.15, 0.2) is 65.8 Å². The Labute approximate surface area is 172 Å². The number of hydrogen-bond donors (Lipinski definition) is 1. The lowest BCUT2D eigenvalue weighted by Gasteiger charge is -2.24. The van der Waals surface area contributed by atoms with E-state index in [9.17, 15) is 4.79 Å². The first-order valence-electron chi connectivity index (χ1n) is 9.68. The van der Waals surface area contributed by atoms with Crippen molar-refractivity contribution in [3.05, 3.63) is 72.3 Å². The van der Waals surface area contributed by atoms with Crippen LogP contribution >= 0.6 is 11.8 Å². The molecular formula is C22H21N5OS. The number of aromatic nitrogens is 4. The van der Waals surface area contributed by atoms with Gasteiger partial charge < -0.3 is 9.88 Å². The summed E-state index contributed by atoms with van der Waals surface area (Å²) in [6.45, 7) is 0.726. The first kappa shape index (κ1) is 18.0. The van der Waals surface area contributed by atoms with Gasteiger partial charge in [-0.2, -0.15) is 5.10 Å². The van der Waals surface area contributed by atoms with Gasteiger partial charge in [-0.05, 0) is 55.5 Å². The van der Waals surface area contributed by atoms with E-state index in [0.29, 0.717) is 5.56 Å². The first-order valence-corrected chi connectivity index (χ1v) is 10.9. The molecule has 3 heterocycles. The second-order valence-electron chi connectivity index (χ2n) is 7.13. The summed E-state index contributed by atoms with van der Waals surface area (Å²) in [5, 5.41) is 4.30. The Morgan fingerprint density at radius 3 is 2.93 bits per heavy atom. The lowest BCUT2D eigenvalue weighted by Crippen LogP contribution is -2.31. The number of nitrogens with one attached hydrogen (secondary N) is 1. The molecule has 146 valence electrons. The third kappa shape index (κ3) is 3.21. The normalized spacial score (nSPS) is 16.6. The Bertz CT molecular complexity index is 1170. The highest BCUT2D eigenvalue weighted by molar-refractivity contribution is 7.98. The highest BCUT2D eigenvalue weighted by Crippen LogP contribution is 2.34. The molecule has 1 aliphatic heterocycles. The van der Waals surface area contributed by atoms with E-state index < -0.39 is 0 Å². The van der Waals surface area contributed by atoms with Crippen LogP contribution in [0.3, 0.4) is 0 Å². The number of rotatable bonds is 4. The number of nitrogens with zero attached hydrogens (tertiary/aromatic N) is 4. The summed E-state index contributed by atoms with van der Waals surface area (Å²) in [6.07, 6.45) is 7.51. The first-order chi connectivity index (χ1) is 14.2. The van der Waals surface area contributed by atoms with Gasteiger partial charge in [-0.3, -0.25) is 4.79 Å². The van der Waals surface area contributed by atoms with E-state index in [-0.39, 0.29) is 11.9 Å². The Morgan fingerprint density at radius 1 is 1.21 bits per heavy atom. The van der Waals surface area contributed by atoms with Crippen molar-refractivity contribution >= 4 is 28.7 Å². The Hall–Kier alpha value is -3.06. The predicted molar refractivity (Wildman–Crippen MR) is 114 cm³/mol. The standard InChI is InChI=1S/C22H21N5OS/c1-29-15-9-10-17-18(14-15)25-21(24-17)20-8-4-12-26(20)22(28)16-6-2-3-7-19(16)27-13-5-11-23-27/h2-3,5-7,9-11,13-14,20H,4,8,12H2,1H3,(H,24,25)/t20-/m0/s1. The van der Waals surface area contributed by atoms with E-state index in [0.717, 1.165) is 41.9 Å². The topological polar surface area (TPSA) is 66.8 Å². The number of carbonyl (C=O) groups excluding carboxylic acids is 1. The third-order valence-electron chi connectivity index (χ3n) is 5.42. The maximum atomic E-state index is 13.5. The zero-order valence-corrected chi connectivity index (χ0v) is 16.9. The molecule has 1 N–H and O–H groups in total. The van der Waals surface area contributed by atoms with Gasteiger partial charge in [0.25, 0.3) is 5.91 Å². The van der Waals surface area contributed by atoms with E-state index >= 15 is 0 Å². The average molecular weight is 404 g/mol. The van der Waals surface area contributed by atoms with E-state index in [1.54, 1.807) is 22.6 Å². The minimum absolute atomic E-state index is 0.0175. The molecule has 29 heavy (non-hydrogen) atoms. The predicted octanol–water partition coefficient (Wildman–Crippen LogP) is 4.45. The molecule has 5 rings (SSSR count). The minimum atomic E-state index is -0.0432. The maximum absolute atomic E-state index is 13.5. The zero-order chi connectivity index (χ0) is 19.8. The molecule has 1 saturated heterocycles. The van der Waals surface area contributed by atoms with Crippen molar-refractivity contribution < 1.29 is 4.79 Å². The summed E-state index contributed by atoms with van der Waals surface area (Å²) < 4.78 is 1.74. The van der Waals surface area contributed by atoms with Crippen LogP contribution in [0.4, 0.5) is 0 Å². The quantitative estimate of drug-likeness (QED) is 0.511. The summed E-state index contributed by atoms with van der Waals surface area (Å²) >= 11 is 1.71. The molecule has 1 aliphatic rings. The Kier molecular flexibility index (Phi) is 4.60. The molecule has 0 unspecified atom stereocenters. The van der Waals surface area contributed by atoms with Crippen LogP contribution in [0.25, 0.3) is 16.7 Å². The molecule has 1 atom stereocenters.